The van der Waals surface area contributed by atoms with E-state index in [4.69, 9.17) is 23.2 Å². The minimum Gasteiger partial charge on any atom is -0.345 e. The van der Waals surface area contributed by atoms with Crippen molar-refractivity contribution in [2.24, 2.45) is 5.92 Å². The van der Waals surface area contributed by atoms with Crippen LogP contribution in [0.5, 0.6) is 0 Å². The fraction of sp³-hybridized carbons (Fsp3) is 0.238. The zero-order valence-electron chi connectivity index (χ0n) is 14.8. The van der Waals surface area contributed by atoms with E-state index in [-0.39, 0.29) is 11.9 Å². The molecule has 4 nitrogen and oxygen atoms in total. The van der Waals surface area contributed by atoms with Crippen LogP contribution in [0.4, 0.5) is 0 Å². The third kappa shape index (κ3) is 3.73. The SMILES string of the molecule is Cc1nn(-c2ccccc2)c(Cl)c1C(=O)N[C@@H](c1ccc(Cl)cc1)C1CC1. The van der Waals surface area contributed by atoms with Gasteiger partial charge in [0.05, 0.1) is 23.0 Å². The highest BCUT2D eigenvalue weighted by Gasteiger charge is 2.34. The van der Waals surface area contributed by atoms with Crippen LogP contribution in [-0.2, 0) is 0 Å². The number of carbonyl (C=O) groups is 1. The summed E-state index contributed by atoms with van der Waals surface area (Å²) in [6, 6.07) is 17.1. The van der Waals surface area contributed by atoms with Crippen LogP contribution in [0.25, 0.3) is 5.69 Å². The first-order valence-corrected chi connectivity index (χ1v) is 9.67. The van der Waals surface area contributed by atoms with E-state index in [9.17, 15) is 4.79 Å². The number of hydrogen-bond donors (Lipinski definition) is 1. The van der Waals surface area contributed by atoms with Crippen molar-refractivity contribution in [3.8, 4) is 5.69 Å². The van der Waals surface area contributed by atoms with Crippen molar-refractivity contribution < 1.29 is 4.79 Å². The highest BCUT2D eigenvalue weighted by atomic mass is 35.5. The van der Waals surface area contributed by atoms with E-state index in [1.807, 2.05) is 54.6 Å². The van der Waals surface area contributed by atoms with Gasteiger partial charge in [-0.05, 0) is 55.5 Å². The van der Waals surface area contributed by atoms with Gasteiger partial charge in [-0.1, -0.05) is 53.5 Å². The van der Waals surface area contributed by atoms with E-state index in [0.717, 1.165) is 24.1 Å². The van der Waals surface area contributed by atoms with Crippen molar-refractivity contribution in [3.63, 3.8) is 0 Å². The van der Waals surface area contributed by atoms with Crippen molar-refractivity contribution in [2.75, 3.05) is 0 Å². The molecule has 0 unspecified atom stereocenters. The van der Waals surface area contributed by atoms with Crippen molar-refractivity contribution in [2.45, 2.75) is 25.8 Å². The van der Waals surface area contributed by atoms with Gasteiger partial charge in [-0.3, -0.25) is 4.79 Å². The second kappa shape index (κ2) is 7.37. The number of carbonyl (C=O) groups excluding carboxylic acids is 1. The maximum atomic E-state index is 13.0. The number of aryl methyl sites for hydroxylation is 1. The first kappa shape index (κ1) is 18.1. The molecular formula is C21H19Cl2N3O. The van der Waals surface area contributed by atoms with Crippen molar-refractivity contribution in [1.82, 2.24) is 15.1 Å². The predicted molar refractivity (Wildman–Crippen MR) is 108 cm³/mol. The van der Waals surface area contributed by atoms with Gasteiger partial charge in [0.15, 0.2) is 0 Å². The molecule has 0 bridgehead atoms. The molecule has 1 fully saturated rings. The summed E-state index contributed by atoms with van der Waals surface area (Å²) in [5, 5.41) is 8.62. The molecule has 1 amide bonds. The van der Waals surface area contributed by atoms with Gasteiger partial charge in [0.25, 0.3) is 5.91 Å². The lowest BCUT2D eigenvalue weighted by atomic mass is 10.0. The van der Waals surface area contributed by atoms with Crippen LogP contribution < -0.4 is 5.32 Å². The number of hydrogen-bond acceptors (Lipinski definition) is 2. The normalized spacial score (nSPS) is 14.8. The second-order valence-electron chi connectivity index (χ2n) is 6.84. The monoisotopic (exact) mass is 399 g/mol. The average Bonchev–Trinajstić information content (AvgIpc) is 3.46. The van der Waals surface area contributed by atoms with Crippen LogP contribution in [0.1, 0.15) is 40.5 Å². The van der Waals surface area contributed by atoms with E-state index in [1.165, 1.54) is 0 Å². The minimum atomic E-state index is -0.202. The molecule has 1 heterocycles. The van der Waals surface area contributed by atoms with Gasteiger partial charge in [0, 0.05) is 5.02 Å². The average molecular weight is 400 g/mol. The molecule has 0 saturated heterocycles. The predicted octanol–water partition coefficient (Wildman–Crippen LogP) is 5.37. The van der Waals surface area contributed by atoms with Gasteiger partial charge in [-0.25, -0.2) is 4.68 Å². The Morgan fingerprint density at radius 3 is 2.41 bits per heavy atom. The number of para-hydroxylation sites is 1. The molecular weight excluding hydrogens is 381 g/mol. The Labute approximate surface area is 168 Å². The van der Waals surface area contributed by atoms with E-state index in [0.29, 0.717) is 27.4 Å². The van der Waals surface area contributed by atoms with Gasteiger partial charge < -0.3 is 5.32 Å². The summed E-state index contributed by atoms with van der Waals surface area (Å²) in [5.74, 6) is 0.241. The zero-order chi connectivity index (χ0) is 19.0. The molecule has 1 N–H and O–H groups in total. The second-order valence-corrected chi connectivity index (χ2v) is 7.63. The van der Waals surface area contributed by atoms with Crippen molar-refractivity contribution >= 4 is 29.1 Å². The molecule has 6 heteroatoms. The molecule has 27 heavy (non-hydrogen) atoms. The number of halogens is 2. The molecule has 4 rings (SSSR count). The first-order valence-electron chi connectivity index (χ1n) is 8.91. The summed E-state index contributed by atoms with van der Waals surface area (Å²) in [6.07, 6.45) is 2.20. The Bertz CT molecular complexity index is 963. The largest absolute Gasteiger partial charge is 0.345 e. The third-order valence-corrected chi connectivity index (χ3v) is 5.44. The molecule has 3 aromatic rings. The highest BCUT2D eigenvalue weighted by Crippen LogP contribution is 2.41. The maximum Gasteiger partial charge on any atom is 0.256 e. The van der Waals surface area contributed by atoms with Crippen molar-refractivity contribution in [1.29, 1.82) is 0 Å². The number of amides is 1. The van der Waals surface area contributed by atoms with Gasteiger partial charge in [0.1, 0.15) is 5.15 Å². The first-order chi connectivity index (χ1) is 13.0. The van der Waals surface area contributed by atoms with Gasteiger partial charge in [-0.15, -0.1) is 0 Å². The molecule has 2 aromatic carbocycles. The molecule has 0 aliphatic heterocycles. The molecule has 0 spiro atoms. The summed E-state index contributed by atoms with van der Waals surface area (Å²) >= 11 is 12.5. The van der Waals surface area contributed by atoms with E-state index < -0.39 is 0 Å². The van der Waals surface area contributed by atoms with Crippen molar-refractivity contribution in [3.05, 3.63) is 81.6 Å². The topological polar surface area (TPSA) is 46.9 Å². The Morgan fingerprint density at radius 1 is 1.11 bits per heavy atom. The summed E-state index contributed by atoms with van der Waals surface area (Å²) in [5.41, 5.74) is 2.90. The maximum absolute atomic E-state index is 13.0. The van der Waals surface area contributed by atoms with Crippen LogP contribution in [0.2, 0.25) is 10.2 Å². The van der Waals surface area contributed by atoms with Crippen LogP contribution in [0.15, 0.2) is 54.6 Å². The zero-order valence-corrected chi connectivity index (χ0v) is 16.3. The Morgan fingerprint density at radius 2 is 1.78 bits per heavy atom. The molecule has 1 aliphatic carbocycles. The number of rotatable bonds is 5. The van der Waals surface area contributed by atoms with Gasteiger partial charge in [0.2, 0.25) is 0 Å². The number of nitrogens with one attached hydrogen (secondary N) is 1. The Balaban J connectivity index is 1.62. The number of nitrogens with zero attached hydrogens (tertiary/aromatic N) is 2. The summed E-state index contributed by atoms with van der Waals surface area (Å²) in [7, 11) is 0. The Hall–Kier alpha value is -2.30. The Kier molecular flexibility index (Phi) is 4.94. The van der Waals surface area contributed by atoms with E-state index in [2.05, 4.69) is 10.4 Å². The third-order valence-electron chi connectivity index (χ3n) is 4.84. The molecule has 1 aliphatic rings. The van der Waals surface area contributed by atoms with Crippen LogP contribution >= 0.6 is 23.2 Å². The number of benzene rings is 2. The molecule has 1 atom stereocenters. The summed E-state index contributed by atoms with van der Waals surface area (Å²) < 4.78 is 1.60. The number of aromatic nitrogens is 2. The van der Waals surface area contributed by atoms with E-state index in [1.54, 1.807) is 11.6 Å². The van der Waals surface area contributed by atoms with Crippen LogP contribution in [-0.4, -0.2) is 15.7 Å². The van der Waals surface area contributed by atoms with E-state index >= 15 is 0 Å². The molecule has 1 aromatic heterocycles. The molecule has 0 radical (unpaired) electrons. The highest BCUT2D eigenvalue weighted by molar-refractivity contribution is 6.33. The fourth-order valence-electron chi connectivity index (χ4n) is 3.28. The van der Waals surface area contributed by atoms with Gasteiger partial charge >= 0.3 is 0 Å². The standard InChI is InChI=1S/C21H19Cl2N3O/c1-13-18(20(23)26(25-13)17-5-3-2-4-6-17)21(27)24-19(14-7-8-14)15-9-11-16(22)12-10-15/h2-6,9-12,14,19H,7-8H2,1H3,(H,24,27)/t19-/m1/s1. The molecule has 138 valence electrons. The lowest BCUT2D eigenvalue weighted by Crippen LogP contribution is -2.30. The quantitative estimate of drug-likeness (QED) is 0.626. The lowest BCUT2D eigenvalue weighted by Gasteiger charge is -2.19. The molecule has 1 saturated carbocycles. The smallest absolute Gasteiger partial charge is 0.256 e. The van der Waals surface area contributed by atoms with Crippen LogP contribution in [0.3, 0.4) is 0 Å². The lowest BCUT2D eigenvalue weighted by molar-refractivity contribution is 0.0931. The summed E-state index contributed by atoms with van der Waals surface area (Å²) in [6.45, 7) is 1.80. The van der Waals surface area contributed by atoms with Gasteiger partial charge in [-0.2, -0.15) is 5.10 Å². The van der Waals surface area contributed by atoms with Crippen LogP contribution in [0, 0.1) is 12.8 Å². The minimum absolute atomic E-state index is 0.0506. The summed E-state index contributed by atoms with van der Waals surface area (Å²) in [4.78, 5) is 13.0. The fourth-order valence-corrected chi connectivity index (χ4v) is 3.77.